The lowest BCUT2D eigenvalue weighted by molar-refractivity contribution is 0.508. The monoisotopic (exact) mass is 370 g/mol. The predicted molar refractivity (Wildman–Crippen MR) is 103 cm³/mol. The number of hydrogen-bond acceptors (Lipinski definition) is 3. The molecule has 1 aromatic heterocycles. The molecule has 0 saturated heterocycles. The van der Waals surface area contributed by atoms with Gasteiger partial charge in [-0.1, -0.05) is 12.1 Å². The molecule has 144 valence electrons. The topological polar surface area (TPSA) is 67.1 Å². The predicted octanol–water partition coefficient (Wildman–Crippen LogP) is 2.54. The molecule has 2 heterocycles. The van der Waals surface area contributed by atoms with Crippen LogP contribution in [0.5, 0.6) is 0 Å². The molecule has 1 aliphatic heterocycles. The maximum Gasteiger partial charge on any atom is 0.191 e. The van der Waals surface area contributed by atoms with E-state index in [-0.39, 0.29) is 11.2 Å². The number of halogens is 1. The van der Waals surface area contributed by atoms with E-state index in [1.807, 2.05) is 6.07 Å². The van der Waals surface area contributed by atoms with Crippen LogP contribution < -0.4 is 10.6 Å². The maximum atomic E-state index is 13.6. The zero-order chi connectivity index (χ0) is 18.7. The van der Waals surface area contributed by atoms with Crippen molar-refractivity contribution in [2.75, 3.05) is 13.1 Å². The summed E-state index contributed by atoms with van der Waals surface area (Å²) in [6.45, 7) is 5.09. The van der Waals surface area contributed by atoms with E-state index >= 15 is 0 Å². The molecule has 1 aromatic carbocycles. The third kappa shape index (κ3) is 3.96. The summed E-state index contributed by atoms with van der Waals surface area (Å²) in [5.74, 6) is 2.60. The zero-order valence-electron chi connectivity index (χ0n) is 15.8. The molecule has 27 heavy (non-hydrogen) atoms. The molecule has 0 spiro atoms. The van der Waals surface area contributed by atoms with Crippen LogP contribution in [0.2, 0.25) is 0 Å². The van der Waals surface area contributed by atoms with E-state index in [1.54, 1.807) is 12.1 Å². The van der Waals surface area contributed by atoms with Gasteiger partial charge >= 0.3 is 0 Å². The molecular weight excluding hydrogens is 343 g/mol. The minimum Gasteiger partial charge on any atom is -0.357 e. The fourth-order valence-electron chi connectivity index (χ4n) is 3.77. The Kier molecular flexibility index (Phi) is 5.09. The van der Waals surface area contributed by atoms with Crippen molar-refractivity contribution in [3.8, 4) is 0 Å². The zero-order valence-corrected chi connectivity index (χ0v) is 15.8. The van der Waals surface area contributed by atoms with Crippen LogP contribution >= 0.6 is 0 Å². The number of guanidine groups is 1. The number of benzene rings is 1. The summed E-state index contributed by atoms with van der Waals surface area (Å²) in [5, 5.41) is 15.3. The summed E-state index contributed by atoms with van der Waals surface area (Å²) >= 11 is 0. The highest BCUT2D eigenvalue weighted by molar-refractivity contribution is 5.79. The van der Waals surface area contributed by atoms with E-state index in [4.69, 9.17) is 4.99 Å². The number of fused-ring (bicyclic) bond motifs is 1. The van der Waals surface area contributed by atoms with Crippen molar-refractivity contribution in [3.05, 3.63) is 47.3 Å². The summed E-state index contributed by atoms with van der Waals surface area (Å²) in [7, 11) is 0. The number of nitrogens with zero attached hydrogens (tertiary/aromatic N) is 4. The van der Waals surface area contributed by atoms with Crippen molar-refractivity contribution in [1.29, 1.82) is 0 Å². The summed E-state index contributed by atoms with van der Waals surface area (Å²) in [6, 6.07) is 6.96. The lowest BCUT2D eigenvalue weighted by atomic mass is 9.96. The second-order valence-corrected chi connectivity index (χ2v) is 7.48. The Morgan fingerprint density at radius 3 is 2.93 bits per heavy atom. The fourth-order valence-corrected chi connectivity index (χ4v) is 3.77. The third-order valence-electron chi connectivity index (χ3n) is 5.54. The molecule has 4 rings (SSSR count). The number of aliphatic imine (C=N–C) groups is 1. The summed E-state index contributed by atoms with van der Waals surface area (Å²) in [6.07, 6.45) is 5.51. The summed E-state index contributed by atoms with van der Waals surface area (Å²) in [4.78, 5) is 4.70. The molecule has 0 bridgehead atoms. The van der Waals surface area contributed by atoms with Crippen LogP contribution in [-0.4, -0.2) is 33.8 Å². The van der Waals surface area contributed by atoms with Gasteiger partial charge in [-0.15, -0.1) is 10.2 Å². The molecule has 2 N–H and O–H groups in total. The molecule has 1 saturated carbocycles. The number of aromatic nitrogens is 3. The normalized spacial score (nSPS) is 18.1. The SMILES string of the molecule is CCNC(=NCc1nnc2n1CCCC2)NCC1(c2cccc(F)c2)CC1. The maximum absolute atomic E-state index is 13.6. The van der Waals surface area contributed by atoms with Crippen LogP contribution in [0.15, 0.2) is 29.3 Å². The quantitative estimate of drug-likeness (QED) is 0.606. The molecule has 0 atom stereocenters. The number of hydrogen-bond donors (Lipinski definition) is 2. The van der Waals surface area contributed by atoms with Crippen molar-refractivity contribution in [3.63, 3.8) is 0 Å². The summed E-state index contributed by atoms with van der Waals surface area (Å²) < 4.78 is 15.8. The minimum absolute atomic E-state index is 0.0202. The van der Waals surface area contributed by atoms with Crippen LogP contribution in [0.4, 0.5) is 4.39 Å². The molecule has 1 aliphatic carbocycles. The van der Waals surface area contributed by atoms with Gasteiger partial charge in [0.25, 0.3) is 0 Å². The van der Waals surface area contributed by atoms with Gasteiger partial charge in [-0.05, 0) is 50.3 Å². The Morgan fingerprint density at radius 2 is 2.15 bits per heavy atom. The average Bonchev–Trinajstić information content (AvgIpc) is 3.37. The second kappa shape index (κ2) is 7.66. The molecular formula is C20H27FN6. The Morgan fingerprint density at radius 1 is 1.26 bits per heavy atom. The van der Waals surface area contributed by atoms with Crippen molar-refractivity contribution in [2.45, 2.75) is 57.5 Å². The lowest BCUT2D eigenvalue weighted by Crippen LogP contribution is -2.41. The standard InChI is InChI=1S/C20H27FN6/c1-2-22-19(23-13-18-26-25-17-8-3-4-11-27(17)18)24-14-20(9-10-20)15-6-5-7-16(21)12-15/h5-7,12H,2-4,8-11,13-14H2,1H3,(H2,22,23,24). The Balaban J connectivity index is 1.42. The average molecular weight is 370 g/mol. The fraction of sp³-hybridized carbons (Fsp3) is 0.550. The highest BCUT2D eigenvalue weighted by atomic mass is 19.1. The van der Waals surface area contributed by atoms with Gasteiger partial charge in [0.15, 0.2) is 11.8 Å². The minimum atomic E-state index is -0.170. The first-order valence-electron chi connectivity index (χ1n) is 9.89. The summed E-state index contributed by atoms with van der Waals surface area (Å²) in [5.41, 5.74) is 1.09. The van der Waals surface area contributed by atoms with Gasteiger partial charge in [-0.2, -0.15) is 0 Å². The number of aryl methyl sites for hydroxylation is 1. The molecule has 2 aromatic rings. The smallest absolute Gasteiger partial charge is 0.191 e. The van der Waals surface area contributed by atoms with Gasteiger partial charge in [-0.25, -0.2) is 9.38 Å². The molecule has 0 unspecified atom stereocenters. The van der Waals surface area contributed by atoms with Gasteiger partial charge in [0.05, 0.1) is 0 Å². The Bertz CT molecular complexity index is 824. The number of nitrogens with one attached hydrogen (secondary N) is 2. The Labute approximate surface area is 159 Å². The van der Waals surface area contributed by atoms with Crippen molar-refractivity contribution in [1.82, 2.24) is 25.4 Å². The van der Waals surface area contributed by atoms with Crippen LogP contribution in [0.1, 0.15) is 49.8 Å². The van der Waals surface area contributed by atoms with Crippen LogP contribution in [0.25, 0.3) is 0 Å². The van der Waals surface area contributed by atoms with Gasteiger partial charge in [0, 0.05) is 31.5 Å². The Hall–Kier alpha value is -2.44. The van der Waals surface area contributed by atoms with E-state index in [1.165, 1.54) is 18.9 Å². The molecule has 0 amide bonds. The van der Waals surface area contributed by atoms with Crippen LogP contribution in [-0.2, 0) is 24.9 Å². The van der Waals surface area contributed by atoms with E-state index in [9.17, 15) is 4.39 Å². The highest BCUT2D eigenvalue weighted by Gasteiger charge is 2.44. The lowest BCUT2D eigenvalue weighted by Gasteiger charge is -2.19. The highest BCUT2D eigenvalue weighted by Crippen LogP contribution is 2.47. The van der Waals surface area contributed by atoms with E-state index in [0.29, 0.717) is 6.54 Å². The van der Waals surface area contributed by atoms with E-state index in [2.05, 4.69) is 32.3 Å². The third-order valence-corrected chi connectivity index (χ3v) is 5.54. The largest absolute Gasteiger partial charge is 0.357 e. The molecule has 7 heteroatoms. The van der Waals surface area contributed by atoms with Crippen molar-refractivity contribution >= 4 is 5.96 Å². The molecule has 1 fully saturated rings. The van der Waals surface area contributed by atoms with Gasteiger partial charge in [-0.3, -0.25) is 0 Å². The first-order chi connectivity index (χ1) is 13.2. The van der Waals surface area contributed by atoms with Crippen LogP contribution in [0.3, 0.4) is 0 Å². The van der Waals surface area contributed by atoms with Gasteiger partial charge in [0.1, 0.15) is 18.2 Å². The molecule has 6 nitrogen and oxygen atoms in total. The first kappa shape index (κ1) is 17.9. The van der Waals surface area contributed by atoms with Crippen molar-refractivity contribution < 1.29 is 4.39 Å². The van der Waals surface area contributed by atoms with E-state index in [0.717, 1.165) is 62.1 Å². The van der Waals surface area contributed by atoms with Gasteiger partial charge in [0.2, 0.25) is 0 Å². The van der Waals surface area contributed by atoms with E-state index < -0.39 is 0 Å². The van der Waals surface area contributed by atoms with Crippen molar-refractivity contribution in [2.24, 2.45) is 4.99 Å². The molecule has 2 aliphatic rings. The first-order valence-corrected chi connectivity index (χ1v) is 9.89. The molecule has 0 radical (unpaired) electrons. The van der Waals surface area contributed by atoms with Gasteiger partial charge < -0.3 is 15.2 Å². The van der Waals surface area contributed by atoms with Crippen LogP contribution in [0, 0.1) is 5.82 Å². The number of rotatable bonds is 6. The second-order valence-electron chi connectivity index (χ2n) is 7.48.